The molecule has 0 saturated heterocycles. The fraction of sp³-hybridized carbons (Fsp3) is 0.226. The van der Waals surface area contributed by atoms with Crippen LogP contribution in [0.15, 0.2) is 279 Å². The first-order valence-electron chi connectivity index (χ1n) is 36.1. The van der Waals surface area contributed by atoms with Crippen LogP contribution in [0.3, 0.4) is 0 Å². The highest BCUT2D eigenvalue weighted by Crippen LogP contribution is 2.63. The molecule has 0 aromatic heterocycles. The second-order valence-electron chi connectivity index (χ2n) is 28.6. The predicted octanol–water partition coefficient (Wildman–Crippen LogP) is 25.9. The van der Waals surface area contributed by atoms with E-state index in [4.69, 9.17) is 0 Å². The molecule has 4 heterocycles. The van der Waals surface area contributed by atoms with Gasteiger partial charge < -0.3 is 19.6 Å². The van der Waals surface area contributed by atoms with Crippen LogP contribution >= 0.6 is 0 Å². The monoisotopic (exact) mass is 1260 g/mol. The topological polar surface area (TPSA) is 13.0 Å². The van der Waals surface area contributed by atoms with Crippen LogP contribution in [0, 0.1) is 23.7 Å². The van der Waals surface area contributed by atoms with E-state index in [1.165, 1.54) is 123 Å². The van der Waals surface area contributed by atoms with E-state index in [1.54, 1.807) is 0 Å². The van der Waals surface area contributed by atoms with E-state index in [2.05, 4.69) is 354 Å². The molecule has 478 valence electrons. The zero-order chi connectivity index (χ0) is 65.8. The second kappa shape index (κ2) is 24.2. The van der Waals surface area contributed by atoms with Crippen molar-refractivity contribution < 1.29 is 0 Å². The number of anilines is 12. The third-order valence-electron chi connectivity index (χ3n) is 23.6. The molecular formula is C93H86N4. The lowest BCUT2D eigenvalue weighted by atomic mass is 9.67. The fourth-order valence-electron chi connectivity index (χ4n) is 18.5. The molecule has 0 radical (unpaired) electrons. The zero-order valence-electron chi connectivity index (χ0n) is 57.3. The Labute approximate surface area is 575 Å². The molecule has 4 heteroatoms. The molecule has 5 aliphatic rings. The normalized spacial score (nSPS) is 16.3. The molecule has 4 nitrogen and oxygen atoms in total. The summed E-state index contributed by atoms with van der Waals surface area (Å²) in [6.07, 6.45) is 4.28. The van der Waals surface area contributed by atoms with E-state index < -0.39 is 5.41 Å². The van der Waals surface area contributed by atoms with Crippen molar-refractivity contribution in [1.82, 2.24) is 0 Å². The quantitative estimate of drug-likeness (QED) is 0.108. The number of para-hydroxylation sites is 8. The average molecular weight is 1260 g/mol. The van der Waals surface area contributed by atoms with Gasteiger partial charge in [-0.25, -0.2) is 0 Å². The molecule has 12 aromatic rings. The van der Waals surface area contributed by atoms with Crippen molar-refractivity contribution in [1.29, 1.82) is 0 Å². The van der Waals surface area contributed by atoms with Gasteiger partial charge in [0.2, 0.25) is 0 Å². The molecule has 0 bridgehead atoms. The van der Waals surface area contributed by atoms with Gasteiger partial charge in [0, 0.05) is 91.9 Å². The summed E-state index contributed by atoms with van der Waals surface area (Å²) in [5, 5.41) is 0. The Morgan fingerprint density at radius 1 is 0.247 bits per heavy atom. The lowest BCUT2D eigenvalue weighted by molar-refractivity contribution is 0.494. The Kier molecular flexibility index (Phi) is 15.1. The van der Waals surface area contributed by atoms with Crippen molar-refractivity contribution in [3.8, 4) is 11.1 Å². The van der Waals surface area contributed by atoms with Crippen LogP contribution in [-0.4, -0.2) is 0 Å². The van der Waals surface area contributed by atoms with E-state index in [0.29, 0.717) is 23.7 Å². The highest BCUT2D eigenvalue weighted by Gasteiger charge is 2.49. The molecule has 4 aliphatic heterocycles. The number of benzene rings is 12. The van der Waals surface area contributed by atoms with Gasteiger partial charge in [0.1, 0.15) is 0 Å². The Morgan fingerprint density at radius 2 is 0.433 bits per heavy atom. The Bertz CT molecular complexity index is 4260. The standard InChI is InChI=1S/C93H86N4/c1-9-59(5)89-71-35-15-25-45-81(71)94(82-46-26-16-36-72(82)89)65-53-63(54-66(57-65)95-83-47-27-17-37-73(83)90(60(6)10-2)74-38-18-28-48-84(74)95)93(79-43-23-13-33-69(79)70-34-14-24-44-80(70)93)64-55-67(96-85-49-29-19-39-75(85)91(61(7)11-3)76-40-20-30-50-86(76)96)58-68(56-64)97-87-51-31-21-41-77(87)92(62(8)12-4)78-42-22-32-52-88(78)97/h13-62,89-92H,9-12H2,1-8H3. The smallest absolute Gasteiger partial charge is 0.0716 e. The van der Waals surface area contributed by atoms with E-state index in [9.17, 15) is 0 Å². The molecule has 1 aliphatic carbocycles. The summed E-state index contributed by atoms with van der Waals surface area (Å²) in [6, 6.07) is 109. The number of rotatable bonds is 14. The Balaban J connectivity index is 1.03. The maximum Gasteiger partial charge on any atom is 0.0716 e. The number of hydrogen-bond donors (Lipinski definition) is 0. The van der Waals surface area contributed by atoms with E-state index in [-0.39, 0.29) is 23.7 Å². The van der Waals surface area contributed by atoms with Gasteiger partial charge in [-0.1, -0.05) is 275 Å². The van der Waals surface area contributed by atoms with Crippen molar-refractivity contribution >= 4 is 68.2 Å². The molecule has 0 saturated carbocycles. The number of nitrogens with zero attached hydrogens (tertiary/aromatic N) is 4. The third-order valence-corrected chi connectivity index (χ3v) is 23.6. The average Bonchev–Trinajstić information content (AvgIpc) is 1.62. The molecule has 97 heavy (non-hydrogen) atoms. The van der Waals surface area contributed by atoms with Gasteiger partial charge in [0.15, 0.2) is 0 Å². The van der Waals surface area contributed by atoms with Crippen LogP contribution < -0.4 is 19.6 Å². The summed E-state index contributed by atoms with van der Waals surface area (Å²) >= 11 is 0. The largest absolute Gasteiger partial charge is 0.310 e. The van der Waals surface area contributed by atoms with Crippen LogP contribution in [0.5, 0.6) is 0 Å². The minimum Gasteiger partial charge on any atom is -0.310 e. The molecule has 4 unspecified atom stereocenters. The Hall–Kier alpha value is -10.2. The summed E-state index contributed by atoms with van der Waals surface area (Å²) < 4.78 is 0. The summed E-state index contributed by atoms with van der Waals surface area (Å²) in [5.74, 6) is 2.59. The number of hydrogen-bond acceptors (Lipinski definition) is 4. The van der Waals surface area contributed by atoms with Crippen LogP contribution in [0.1, 0.15) is 172 Å². The van der Waals surface area contributed by atoms with Gasteiger partial charge >= 0.3 is 0 Å². The molecule has 0 fully saturated rings. The highest BCUT2D eigenvalue weighted by atomic mass is 15.2. The van der Waals surface area contributed by atoms with Crippen molar-refractivity contribution in [3.05, 3.63) is 346 Å². The summed E-state index contributed by atoms with van der Waals surface area (Å²) in [6.45, 7) is 19.2. The SMILES string of the molecule is CCC(C)C1c2ccccc2N(c2cc(N3c4ccccc4C(C(C)CC)c4ccccc43)cc(C3(c4cc(N5c6ccccc6C(C(C)CC)c6ccccc65)cc(N5c6ccccc6C(C(C)CC)c6ccccc65)c4)c4ccccc4-c4ccccc43)c2)c2ccccc21. The first-order valence-corrected chi connectivity index (χ1v) is 36.1. The second-order valence-corrected chi connectivity index (χ2v) is 28.6. The molecule has 4 atom stereocenters. The minimum atomic E-state index is -0.910. The Morgan fingerprint density at radius 3 is 0.639 bits per heavy atom. The summed E-state index contributed by atoms with van der Waals surface area (Å²) in [7, 11) is 0. The molecule has 0 spiro atoms. The molecule has 17 rings (SSSR count). The lowest BCUT2D eigenvalue weighted by Gasteiger charge is -2.44. The molecule has 0 N–H and O–H groups in total. The summed E-state index contributed by atoms with van der Waals surface area (Å²) in [4.78, 5) is 10.5. The number of fused-ring (bicyclic) bond motifs is 11. The van der Waals surface area contributed by atoms with E-state index in [0.717, 1.165) is 48.4 Å². The van der Waals surface area contributed by atoms with Gasteiger partial charge in [0.25, 0.3) is 0 Å². The first-order chi connectivity index (χ1) is 47.7. The van der Waals surface area contributed by atoms with Crippen LogP contribution in [0.4, 0.5) is 68.2 Å². The maximum absolute atomic E-state index is 2.63. The minimum absolute atomic E-state index is 0.228. The first kappa shape index (κ1) is 60.5. The van der Waals surface area contributed by atoms with Gasteiger partial charge in [-0.2, -0.15) is 0 Å². The molecule has 0 amide bonds. The van der Waals surface area contributed by atoms with Crippen LogP contribution in [-0.2, 0) is 5.41 Å². The highest BCUT2D eigenvalue weighted by molar-refractivity contribution is 5.96. The maximum atomic E-state index is 2.63. The van der Waals surface area contributed by atoms with Crippen molar-refractivity contribution in [2.45, 2.75) is 110 Å². The van der Waals surface area contributed by atoms with Gasteiger partial charge in [-0.15, -0.1) is 0 Å². The third kappa shape index (κ3) is 9.22. The van der Waals surface area contributed by atoms with Crippen LogP contribution in [0.2, 0.25) is 0 Å². The van der Waals surface area contributed by atoms with Crippen molar-refractivity contribution in [2.75, 3.05) is 19.6 Å². The van der Waals surface area contributed by atoms with Crippen LogP contribution in [0.25, 0.3) is 11.1 Å². The lowest BCUT2D eigenvalue weighted by Crippen LogP contribution is -2.32. The zero-order valence-corrected chi connectivity index (χ0v) is 57.3. The van der Waals surface area contributed by atoms with Crippen molar-refractivity contribution in [3.63, 3.8) is 0 Å². The summed E-state index contributed by atoms with van der Waals surface area (Å²) in [5.41, 5.74) is 31.8. The van der Waals surface area contributed by atoms with Gasteiger partial charge in [-0.05, 0) is 186 Å². The van der Waals surface area contributed by atoms with Crippen molar-refractivity contribution in [2.24, 2.45) is 23.7 Å². The van der Waals surface area contributed by atoms with Gasteiger partial charge in [0.05, 0.1) is 5.41 Å². The van der Waals surface area contributed by atoms with E-state index >= 15 is 0 Å². The van der Waals surface area contributed by atoms with E-state index in [1.807, 2.05) is 0 Å². The fourth-order valence-corrected chi connectivity index (χ4v) is 18.5. The molecular weight excluding hydrogens is 1170 g/mol. The molecule has 12 aromatic carbocycles. The predicted molar refractivity (Wildman–Crippen MR) is 408 cm³/mol. The van der Waals surface area contributed by atoms with Gasteiger partial charge in [-0.3, -0.25) is 0 Å².